The third kappa shape index (κ3) is 3.18. The molecule has 1 amide bonds. The second-order valence-electron chi connectivity index (χ2n) is 5.60. The Kier molecular flexibility index (Phi) is 4.18. The smallest absolute Gasteiger partial charge is 0.230 e. The zero-order chi connectivity index (χ0) is 18.1. The Morgan fingerprint density at radius 3 is 3.00 bits per heavy atom. The zero-order valence-electron chi connectivity index (χ0n) is 13.3. The number of halogens is 2. The van der Waals surface area contributed by atoms with Crippen LogP contribution >= 0.6 is 11.3 Å². The molecule has 0 aliphatic rings. The molecule has 4 rings (SSSR count). The predicted octanol–water partition coefficient (Wildman–Crippen LogP) is 4.15. The van der Waals surface area contributed by atoms with Gasteiger partial charge in [-0.2, -0.15) is 0 Å². The molecule has 1 aromatic carbocycles. The van der Waals surface area contributed by atoms with Crippen LogP contribution in [-0.4, -0.2) is 20.9 Å². The largest absolute Gasteiger partial charge is 0.345 e. The number of carbonyl (C=O) groups is 1. The Labute approximate surface area is 150 Å². The topological polar surface area (TPSA) is 70.7 Å². The number of anilines is 1. The lowest BCUT2D eigenvalue weighted by Crippen LogP contribution is -2.15. The van der Waals surface area contributed by atoms with Crippen LogP contribution in [-0.2, 0) is 11.2 Å². The van der Waals surface area contributed by atoms with Gasteiger partial charge in [0.25, 0.3) is 0 Å². The molecule has 0 saturated heterocycles. The van der Waals surface area contributed by atoms with Crippen LogP contribution in [0.15, 0.2) is 48.1 Å². The number of pyridine rings is 1. The van der Waals surface area contributed by atoms with Gasteiger partial charge in [-0.05, 0) is 23.8 Å². The van der Waals surface area contributed by atoms with Gasteiger partial charge in [-0.15, -0.1) is 11.3 Å². The third-order valence-electron chi connectivity index (χ3n) is 3.82. The highest BCUT2D eigenvalue weighted by Crippen LogP contribution is 2.31. The molecule has 0 radical (unpaired) electrons. The van der Waals surface area contributed by atoms with Gasteiger partial charge in [0.15, 0.2) is 0 Å². The first-order chi connectivity index (χ1) is 12.6. The molecule has 2 N–H and O–H groups in total. The number of nitrogens with one attached hydrogen (secondary N) is 2. The summed E-state index contributed by atoms with van der Waals surface area (Å²) in [4.78, 5) is 23.8. The van der Waals surface area contributed by atoms with Gasteiger partial charge >= 0.3 is 0 Å². The van der Waals surface area contributed by atoms with Crippen LogP contribution in [0.4, 0.5) is 14.6 Å². The average Bonchev–Trinajstić information content (AvgIpc) is 3.24. The van der Waals surface area contributed by atoms with E-state index in [9.17, 15) is 13.6 Å². The zero-order valence-corrected chi connectivity index (χ0v) is 14.1. The lowest BCUT2D eigenvalue weighted by molar-refractivity contribution is -0.115. The Hall–Kier alpha value is -3.13. The van der Waals surface area contributed by atoms with E-state index < -0.39 is 17.5 Å². The maximum Gasteiger partial charge on any atom is 0.230 e. The molecule has 8 heteroatoms. The summed E-state index contributed by atoms with van der Waals surface area (Å²) in [6.07, 6.45) is 3.32. The molecular formula is C18H12F2N4OS. The van der Waals surface area contributed by atoms with Crippen molar-refractivity contribution in [2.45, 2.75) is 6.42 Å². The summed E-state index contributed by atoms with van der Waals surface area (Å²) in [6, 6.07) is 6.92. The van der Waals surface area contributed by atoms with Crippen molar-refractivity contribution < 1.29 is 13.6 Å². The summed E-state index contributed by atoms with van der Waals surface area (Å²) in [5, 5.41) is 6.02. The minimum Gasteiger partial charge on any atom is -0.345 e. The number of H-pyrrole nitrogens is 1. The molecule has 3 aromatic heterocycles. The van der Waals surface area contributed by atoms with Crippen molar-refractivity contribution in [2.24, 2.45) is 0 Å². The maximum atomic E-state index is 13.6. The van der Waals surface area contributed by atoms with E-state index in [4.69, 9.17) is 0 Å². The van der Waals surface area contributed by atoms with E-state index in [-0.39, 0.29) is 12.0 Å². The summed E-state index contributed by atoms with van der Waals surface area (Å²) < 4.78 is 26.6. The van der Waals surface area contributed by atoms with Gasteiger partial charge < -0.3 is 10.3 Å². The molecule has 3 heterocycles. The van der Waals surface area contributed by atoms with Crippen molar-refractivity contribution in [1.82, 2.24) is 15.0 Å². The summed E-state index contributed by atoms with van der Waals surface area (Å²) in [6.45, 7) is 0. The molecule has 0 unspecified atom stereocenters. The maximum absolute atomic E-state index is 13.6. The van der Waals surface area contributed by atoms with Crippen LogP contribution in [0, 0.1) is 11.6 Å². The molecule has 0 atom stereocenters. The van der Waals surface area contributed by atoms with Crippen LogP contribution in [0.5, 0.6) is 0 Å². The fraction of sp³-hybridized carbons (Fsp3) is 0.0556. The highest BCUT2D eigenvalue weighted by molar-refractivity contribution is 7.13. The molecule has 0 aliphatic heterocycles. The fourth-order valence-corrected chi connectivity index (χ4v) is 3.39. The van der Waals surface area contributed by atoms with Gasteiger partial charge in [0.05, 0.1) is 6.42 Å². The third-order valence-corrected chi connectivity index (χ3v) is 4.69. The van der Waals surface area contributed by atoms with E-state index in [1.807, 2.05) is 18.3 Å². The van der Waals surface area contributed by atoms with Crippen LogP contribution in [0.3, 0.4) is 0 Å². The standard InChI is InChI=1S/C18H12F2N4OS/c19-11-4-3-10(14(20)7-11)6-16(25)23-15-9-26-18(24-15)13-8-22-17-12(13)2-1-5-21-17/h1-5,7-9H,6H2,(H,21,22)(H,23,25). The van der Waals surface area contributed by atoms with Gasteiger partial charge in [-0.1, -0.05) is 6.07 Å². The first kappa shape index (κ1) is 16.3. The summed E-state index contributed by atoms with van der Waals surface area (Å²) in [5.41, 5.74) is 1.78. The average molecular weight is 370 g/mol. The number of hydrogen-bond donors (Lipinski definition) is 2. The predicted molar refractivity (Wildman–Crippen MR) is 95.9 cm³/mol. The van der Waals surface area contributed by atoms with E-state index in [1.165, 1.54) is 17.4 Å². The number of rotatable bonds is 4. The van der Waals surface area contributed by atoms with E-state index in [0.29, 0.717) is 5.82 Å². The Morgan fingerprint density at radius 2 is 2.15 bits per heavy atom. The molecule has 0 bridgehead atoms. The van der Waals surface area contributed by atoms with Crippen molar-refractivity contribution in [2.75, 3.05) is 5.32 Å². The minimum absolute atomic E-state index is 0.127. The second kappa shape index (κ2) is 6.64. The van der Waals surface area contributed by atoms with E-state index >= 15 is 0 Å². The van der Waals surface area contributed by atoms with Crippen molar-refractivity contribution in [3.8, 4) is 10.6 Å². The number of amides is 1. The molecule has 130 valence electrons. The minimum atomic E-state index is -0.745. The molecule has 26 heavy (non-hydrogen) atoms. The lowest BCUT2D eigenvalue weighted by atomic mass is 10.1. The van der Waals surface area contributed by atoms with Gasteiger partial charge in [0, 0.05) is 34.8 Å². The van der Waals surface area contributed by atoms with Gasteiger partial charge in [0.1, 0.15) is 28.1 Å². The number of benzene rings is 1. The summed E-state index contributed by atoms with van der Waals surface area (Å²) in [5.74, 6) is -1.46. The number of fused-ring (bicyclic) bond motifs is 1. The van der Waals surface area contributed by atoms with Crippen molar-refractivity contribution in [3.05, 3.63) is 65.3 Å². The van der Waals surface area contributed by atoms with E-state index in [0.717, 1.165) is 33.7 Å². The number of nitrogens with zero attached hydrogens (tertiary/aromatic N) is 2. The fourth-order valence-electron chi connectivity index (χ4n) is 2.61. The first-order valence-corrected chi connectivity index (χ1v) is 8.60. The number of carbonyl (C=O) groups excluding carboxylic acids is 1. The van der Waals surface area contributed by atoms with Crippen LogP contribution in [0.1, 0.15) is 5.56 Å². The molecule has 0 saturated carbocycles. The van der Waals surface area contributed by atoms with E-state index in [2.05, 4.69) is 20.3 Å². The molecule has 4 aromatic rings. The first-order valence-electron chi connectivity index (χ1n) is 7.72. The SMILES string of the molecule is O=C(Cc1ccc(F)cc1F)Nc1csc(-c2c[nH]c3ncccc23)n1. The molecule has 0 aliphatic carbocycles. The molecule has 5 nitrogen and oxygen atoms in total. The van der Waals surface area contributed by atoms with Crippen LogP contribution in [0.25, 0.3) is 21.6 Å². The molecular weight excluding hydrogens is 358 g/mol. The quantitative estimate of drug-likeness (QED) is 0.567. The Balaban J connectivity index is 1.50. The van der Waals surface area contributed by atoms with Gasteiger partial charge in [-0.25, -0.2) is 18.7 Å². The van der Waals surface area contributed by atoms with Crippen LogP contribution < -0.4 is 5.32 Å². The van der Waals surface area contributed by atoms with Crippen LogP contribution in [0.2, 0.25) is 0 Å². The number of thiazole rings is 1. The van der Waals surface area contributed by atoms with Gasteiger partial charge in [0.2, 0.25) is 5.91 Å². The number of aromatic nitrogens is 3. The Bertz CT molecular complexity index is 1110. The highest BCUT2D eigenvalue weighted by atomic mass is 32.1. The highest BCUT2D eigenvalue weighted by Gasteiger charge is 2.13. The second-order valence-corrected chi connectivity index (χ2v) is 6.46. The van der Waals surface area contributed by atoms with Crippen molar-refractivity contribution in [1.29, 1.82) is 0 Å². The summed E-state index contributed by atoms with van der Waals surface area (Å²) >= 11 is 1.38. The number of hydrogen-bond acceptors (Lipinski definition) is 4. The van der Waals surface area contributed by atoms with Crippen molar-refractivity contribution in [3.63, 3.8) is 0 Å². The number of aromatic amines is 1. The normalized spacial score (nSPS) is 11.0. The summed E-state index contributed by atoms with van der Waals surface area (Å²) in [7, 11) is 0. The monoisotopic (exact) mass is 370 g/mol. The van der Waals surface area contributed by atoms with E-state index in [1.54, 1.807) is 11.6 Å². The van der Waals surface area contributed by atoms with Gasteiger partial charge in [-0.3, -0.25) is 4.79 Å². The Morgan fingerprint density at radius 1 is 1.27 bits per heavy atom. The molecule has 0 spiro atoms. The molecule has 0 fully saturated rings. The lowest BCUT2D eigenvalue weighted by Gasteiger charge is -2.03. The van der Waals surface area contributed by atoms with Crippen molar-refractivity contribution >= 4 is 34.1 Å².